The number of para-hydroxylation sites is 3. The largest absolute Gasteiger partial charge is 0.333 e. The van der Waals surface area contributed by atoms with Crippen molar-refractivity contribution < 1.29 is 0 Å². The lowest BCUT2D eigenvalue weighted by Crippen LogP contribution is -2.35. The van der Waals surface area contributed by atoms with Gasteiger partial charge in [-0.15, -0.1) is 0 Å². The zero-order valence-electron chi connectivity index (χ0n) is 28.1. The Morgan fingerprint density at radius 1 is 0.431 bits per heavy atom. The lowest BCUT2D eigenvalue weighted by Gasteiger charge is -2.32. The van der Waals surface area contributed by atoms with E-state index in [4.69, 9.17) is 9.98 Å². The molecule has 1 atom stereocenters. The van der Waals surface area contributed by atoms with E-state index in [0.29, 0.717) is 0 Å². The minimum Gasteiger partial charge on any atom is -0.333 e. The Morgan fingerprint density at radius 2 is 0.941 bits per heavy atom. The molecule has 0 saturated heterocycles. The number of aliphatic imine (C=N–C) groups is 2. The summed E-state index contributed by atoms with van der Waals surface area (Å²) in [5.41, 5.74) is 10.1. The van der Waals surface area contributed by atoms with Gasteiger partial charge in [-0.25, -0.2) is 9.98 Å². The number of fused-ring (bicyclic) bond motifs is 6. The number of aromatic nitrogens is 2. The number of hydrogen-bond donors (Lipinski definition) is 0. The van der Waals surface area contributed by atoms with E-state index in [0.717, 1.165) is 50.8 Å². The number of nitrogens with zero attached hydrogens (tertiary/aromatic N) is 5. The molecule has 2 aromatic heterocycles. The van der Waals surface area contributed by atoms with Gasteiger partial charge in [-0.2, -0.15) is 0 Å². The van der Waals surface area contributed by atoms with Crippen LogP contribution < -0.4 is 0 Å². The first kappa shape index (κ1) is 29.2. The van der Waals surface area contributed by atoms with E-state index in [2.05, 4.69) is 173 Å². The van der Waals surface area contributed by atoms with Crippen molar-refractivity contribution in [2.45, 2.75) is 6.17 Å². The van der Waals surface area contributed by atoms with Gasteiger partial charge in [-0.05, 0) is 54.1 Å². The highest BCUT2D eigenvalue weighted by atomic mass is 15.3. The van der Waals surface area contributed by atoms with Gasteiger partial charge in [-0.1, -0.05) is 127 Å². The quantitative estimate of drug-likeness (QED) is 0.182. The second kappa shape index (κ2) is 11.7. The van der Waals surface area contributed by atoms with E-state index in [9.17, 15) is 0 Å². The van der Waals surface area contributed by atoms with Crippen molar-refractivity contribution in [2.75, 3.05) is 7.05 Å². The molecule has 0 fully saturated rings. The molecule has 51 heavy (non-hydrogen) atoms. The van der Waals surface area contributed by atoms with Gasteiger partial charge in [-0.3, -0.25) is 0 Å². The summed E-state index contributed by atoms with van der Waals surface area (Å²) in [5, 5.41) is 4.96. The number of hydrogen-bond acceptors (Lipinski definition) is 3. The molecule has 0 amide bonds. The molecule has 3 heterocycles. The minimum atomic E-state index is -0.204. The fourth-order valence-corrected chi connectivity index (χ4v) is 7.81. The van der Waals surface area contributed by atoms with Crippen LogP contribution in [0.5, 0.6) is 0 Å². The third-order valence-corrected chi connectivity index (χ3v) is 10.1. The van der Waals surface area contributed by atoms with Gasteiger partial charge in [0.05, 0.1) is 22.1 Å². The standard InChI is InChI=1S/C46H33N5/c1-49-45(32-17-6-3-7-18-32)47-44(31-15-4-2-5-16-31)48-46(49)33-19-14-20-34(29-33)50-42-26-13-10-23-38(42)39-30-35(27-28-43(39)50)51-40-24-11-8-21-36(40)37-22-9-12-25-41(37)51/h2-30,45H,1H3. The van der Waals surface area contributed by atoms with Crippen molar-refractivity contribution in [1.29, 1.82) is 0 Å². The summed E-state index contributed by atoms with van der Waals surface area (Å²) in [5.74, 6) is 1.62. The lowest BCUT2D eigenvalue weighted by atomic mass is 10.1. The first-order chi connectivity index (χ1) is 25.2. The Morgan fingerprint density at radius 3 is 1.59 bits per heavy atom. The second-order valence-electron chi connectivity index (χ2n) is 13.1. The summed E-state index contributed by atoms with van der Waals surface area (Å²) in [6.07, 6.45) is -0.204. The SMILES string of the molecule is CN1C(c2cccc(-n3c4ccccc4c4cc(-n5c6ccccc6c6ccccc65)ccc43)c2)=NC(c2ccccc2)=NC1c1ccccc1. The smallest absolute Gasteiger partial charge is 0.159 e. The first-order valence-corrected chi connectivity index (χ1v) is 17.4. The third-order valence-electron chi connectivity index (χ3n) is 10.1. The molecule has 0 bridgehead atoms. The molecule has 7 aromatic carbocycles. The molecule has 1 aliphatic rings. The van der Waals surface area contributed by atoms with E-state index in [1.54, 1.807) is 0 Å². The van der Waals surface area contributed by atoms with Crippen LogP contribution in [0, 0.1) is 0 Å². The van der Waals surface area contributed by atoms with Crippen molar-refractivity contribution in [3.63, 3.8) is 0 Å². The van der Waals surface area contributed by atoms with Gasteiger partial charge < -0.3 is 14.0 Å². The maximum absolute atomic E-state index is 5.20. The van der Waals surface area contributed by atoms with Gasteiger partial charge in [0.2, 0.25) is 0 Å². The van der Waals surface area contributed by atoms with Gasteiger partial charge in [0.15, 0.2) is 5.84 Å². The predicted molar refractivity (Wildman–Crippen MR) is 212 cm³/mol. The van der Waals surface area contributed by atoms with Crippen molar-refractivity contribution >= 4 is 55.3 Å². The van der Waals surface area contributed by atoms with Crippen LogP contribution in [-0.2, 0) is 0 Å². The van der Waals surface area contributed by atoms with Crippen molar-refractivity contribution in [1.82, 2.24) is 14.0 Å². The van der Waals surface area contributed by atoms with Crippen LogP contribution in [-0.4, -0.2) is 32.8 Å². The van der Waals surface area contributed by atoms with E-state index >= 15 is 0 Å². The minimum absolute atomic E-state index is 0.204. The molecular formula is C46H33N5. The average Bonchev–Trinajstić information content (AvgIpc) is 3.71. The van der Waals surface area contributed by atoms with E-state index in [1.807, 2.05) is 24.3 Å². The van der Waals surface area contributed by atoms with Crippen LogP contribution in [0.15, 0.2) is 186 Å². The van der Waals surface area contributed by atoms with Crippen LogP contribution in [0.3, 0.4) is 0 Å². The molecule has 0 radical (unpaired) electrons. The highest BCUT2D eigenvalue weighted by molar-refractivity contribution is 6.14. The molecule has 9 aromatic rings. The van der Waals surface area contributed by atoms with Crippen molar-refractivity contribution in [3.8, 4) is 11.4 Å². The maximum atomic E-state index is 5.20. The molecular weight excluding hydrogens is 623 g/mol. The summed E-state index contributed by atoms with van der Waals surface area (Å²) in [6.45, 7) is 0. The lowest BCUT2D eigenvalue weighted by molar-refractivity contribution is 0.383. The topological polar surface area (TPSA) is 37.8 Å². The van der Waals surface area contributed by atoms with E-state index in [1.165, 1.54) is 32.6 Å². The summed E-state index contributed by atoms with van der Waals surface area (Å²) in [6, 6.07) is 62.4. The average molecular weight is 656 g/mol. The van der Waals surface area contributed by atoms with Crippen LogP contribution in [0.4, 0.5) is 0 Å². The Kier molecular flexibility index (Phi) is 6.71. The molecule has 242 valence electrons. The molecule has 1 aliphatic heterocycles. The van der Waals surface area contributed by atoms with Gasteiger partial charge >= 0.3 is 0 Å². The van der Waals surface area contributed by atoms with Crippen LogP contribution in [0.25, 0.3) is 55.0 Å². The molecule has 0 saturated carbocycles. The zero-order valence-corrected chi connectivity index (χ0v) is 28.1. The molecule has 0 aliphatic carbocycles. The van der Waals surface area contributed by atoms with Crippen LogP contribution in [0.2, 0.25) is 0 Å². The third kappa shape index (κ3) is 4.70. The van der Waals surface area contributed by atoms with E-state index < -0.39 is 0 Å². The van der Waals surface area contributed by atoms with Crippen LogP contribution in [0.1, 0.15) is 22.9 Å². The zero-order chi connectivity index (χ0) is 33.9. The van der Waals surface area contributed by atoms with Crippen molar-refractivity contribution in [3.05, 3.63) is 193 Å². The molecule has 5 nitrogen and oxygen atoms in total. The second-order valence-corrected chi connectivity index (χ2v) is 13.1. The Labute approximate surface area is 295 Å². The van der Waals surface area contributed by atoms with Gasteiger partial charge in [0, 0.05) is 51.1 Å². The predicted octanol–water partition coefficient (Wildman–Crippen LogP) is 10.7. The molecule has 10 rings (SSSR count). The molecule has 1 unspecified atom stereocenters. The number of benzene rings is 7. The first-order valence-electron chi connectivity index (χ1n) is 17.4. The van der Waals surface area contributed by atoms with E-state index in [-0.39, 0.29) is 6.17 Å². The normalized spacial score (nSPS) is 14.8. The molecule has 0 spiro atoms. The highest BCUT2D eigenvalue weighted by Crippen LogP contribution is 2.37. The molecule has 0 N–H and O–H groups in total. The summed E-state index contributed by atoms with van der Waals surface area (Å²) < 4.78 is 4.77. The monoisotopic (exact) mass is 655 g/mol. The Balaban J connectivity index is 1.14. The maximum Gasteiger partial charge on any atom is 0.159 e. The summed E-state index contributed by atoms with van der Waals surface area (Å²) in [7, 11) is 2.09. The Hall–Kier alpha value is -6.72. The highest BCUT2D eigenvalue weighted by Gasteiger charge is 2.27. The number of rotatable bonds is 5. The van der Waals surface area contributed by atoms with Gasteiger partial charge in [0.25, 0.3) is 0 Å². The van der Waals surface area contributed by atoms with Gasteiger partial charge in [0.1, 0.15) is 12.0 Å². The Bertz CT molecular complexity index is 2770. The van der Waals surface area contributed by atoms with Crippen molar-refractivity contribution in [2.24, 2.45) is 9.98 Å². The molecule has 5 heteroatoms. The summed E-state index contributed by atoms with van der Waals surface area (Å²) in [4.78, 5) is 12.5. The number of amidine groups is 2. The fourth-order valence-electron chi connectivity index (χ4n) is 7.81. The fraction of sp³-hybridized carbons (Fsp3) is 0.0435. The van der Waals surface area contributed by atoms with Crippen LogP contribution >= 0.6 is 0 Å². The summed E-state index contributed by atoms with van der Waals surface area (Å²) >= 11 is 0.